The third-order valence-corrected chi connectivity index (χ3v) is 7.02. The van der Waals surface area contributed by atoms with Crippen molar-refractivity contribution < 1.29 is 19.4 Å². The van der Waals surface area contributed by atoms with E-state index in [1.807, 2.05) is 25.1 Å². The molecule has 0 aromatic heterocycles. The number of hydrogen-bond donors (Lipinski definition) is 1. The van der Waals surface area contributed by atoms with E-state index >= 15 is 0 Å². The lowest BCUT2D eigenvalue weighted by Crippen LogP contribution is -2.32. The number of carbonyl (C=O) groups is 1. The van der Waals surface area contributed by atoms with Gasteiger partial charge in [0.25, 0.3) is 0 Å². The molecule has 34 heavy (non-hydrogen) atoms. The van der Waals surface area contributed by atoms with Crippen molar-refractivity contribution in [1.29, 1.82) is 0 Å². The predicted octanol–water partition coefficient (Wildman–Crippen LogP) is 7.36. The molecule has 1 heterocycles. The molecule has 1 N–H and O–H groups in total. The quantitative estimate of drug-likeness (QED) is 0.436. The lowest BCUT2D eigenvalue weighted by molar-refractivity contribution is 0.0496. The van der Waals surface area contributed by atoms with Crippen LogP contribution >= 0.6 is 0 Å². The summed E-state index contributed by atoms with van der Waals surface area (Å²) in [6.45, 7) is 8.59. The van der Waals surface area contributed by atoms with E-state index in [2.05, 4.69) is 19.6 Å². The Hall–Kier alpha value is -2.95. The number of phenolic OH excluding ortho intramolecular Hbond substituents is 1. The van der Waals surface area contributed by atoms with E-state index in [1.54, 1.807) is 11.9 Å². The molecule has 2 aliphatic rings. The summed E-state index contributed by atoms with van der Waals surface area (Å²) in [7, 11) is 1.75. The fourth-order valence-corrected chi connectivity index (χ4v) is 5.06. The lowest BCUT2D eigenvalue weighted by Gasteiger charge is -2.28. The van der Waals surface area contributed by atoms with E-state index in [0.29, 0.717) is 17.1 Å². The Bertz CT molecular complexity index is 1070. The van der Waals surface area contributed by atoms with E-state index < -0.39 is 0 Å². The van der Waals surface area contributed by atoms with Crippen LogP contribution in [0.25, 0.3) is 16.9 Å². The van der Waals surface area contributed by atoms with E-state index in [1.165, 1.54) is 6.42 Å². The number of phenols is 1. The van der Waals surface area contributed by atoms with Crippen molar-refractivity contribution in [1.82, 2.24) is 4.90 Å². The molecule has 1 amide bonds. The van der Waals surface area contributed by atoms with Gasteiger partial charge in [0.2, 0.25) is 0 Å². The zero-order valence-corrected chi connectivity index (χ0v) is 20.8. The fraction of sp³-hybridized carbons (Fsp3) is 0.483. The number of amides is 1. The molecular formula is C29H37NO4. The molecule has 2 aromatic rings. The van der Waals surface area contributed by atoms with Crippen LogP contribution in [-0.4, -0.2) is 29.3 Å². The summed E-state index contributed by atoms with van der Waals surface area (Å²) in [5.74, 6) is 1.39. The summed E-state index contributed by atoms with van der Waals surface area (Å²) in [6.07, 6.45) is 9.00. The molecule has 0 saturated heterocycles. The van der Waals surface area contributed by atoms with Crippen LogP contribution in [0.2, 0.25) is 0 Å². The van der Waals surface area contributed by atoms with Crippen LogP contribution in [0.15, 0.2) is 30.8 Å². The molecule has 0 spiro atoms. The van der Waals surface area contributed by atoms with E-state index in [-0.39, 0.29) is 24.5 Å². The summed E-state index contributed by atoms with van der Waals surface area (Å²) in [5.41, 5.74) is 5.34. The van der Waals surface area contributed by atoms with Crippen LogP contribution < -0.4 is 4.74 Å². The fourth-order valence-electron chi connectivity index (χ4n) is 5.06. The lowest BCUT2D eigenvalue weighted by atomic mass is 9.88. The van der Waals surface area contributed by atoms with Crippen molar-refractivity contribution >= 4 is 11.9 Å². The highest BCUT2D eigenvalue weighted by molar-refractivity contribution is 5.91. The second-order valence-corrected chi connectivity index (χ2v) is 9.77. The van der Waals surface area contributed by atoms with Crippen LogP contribution in [-0.2, 0) is 17.7 Å². The summed E-state index contributed by atoms with van der Waals surface area (Å²) in [5, 5.41) is 11.6. The molecule has 0 radical (unpaired) electrons. The minimum atomic E-state index is -0.329. The van der Waals surface area contributed by atoms with Gasteiger partial charge < -0.3 is 19.5 Å². The van der Waals surface area contributed by atoms with Gasteiger partial charge in [-0.2, -0.15) is 0 Å². The first-order chi connectivity index (χ1) is 16.4. The molecule has 5 nitrogen and oxygen atoms in total. The van der Waals surface area contributed by atoms with E-state index in [0.717, 1.165) is 79.2 Å². The van der Waals surface area contributed by atoms with Gasteiger partial charge in [-0.25, -0.2) is 4.79 Å². The monoisotopic (exact) mass is 463 g/mol. The largest absolute Gasteiger partial charge is 0.507 e. The molecule has 5 heteroatoms. The Labute approximate surface area is 203 Å². The molecule has 1 aliphatic heterocycles. The number of nitrogens with zero attached hydrogens (tertiary/aromatic N) is 1. The Morgan fingerprint density at radius 1 is 1.18 bits per heavy atom. The number of unbranched alkanes of at least 4 members (excludes halogenated alkanes) is 2. The van der Waals surface area contributed by atoms with Gasteiger partial charge in [0.1, 0.15) is 23.4 Å². The van der Waals surface area contributed by atoms with Crippen molar-refractivity contribution in [2.75, 3.05) is 7.05 Å². The smallest absolute Gasteiger partial charge is 0.410 e. The maximum absolute atomic E-state index is 12.9. The molecular weight excluding hydrogens is 426 g/mol. The van der Waals surface area contributed by atoms with E-state index in [9.17, 15) is 9.90 Å². The maximum Gasteiger partial charge on any atom is 0.410 e. The average Bonchev–Trinajstić information content (AvgIpc) is 2.81. The molecule has 0 unspecified atom stereocenters. The Kier molecular flexibility index (Phi) is 7.50. The van der Waals surface area contributed by atoms with Gasteiger partial charge in [-0.1, -0.05) is 56.5 Å². The van der Waals surface area contributed by atoms with Gasteiger partial charge in [0.15, 0.2) is 0 Å². The Morgan fingerprint density at radius 3 is 2.68 bits per heavy atom. The number of ether oxygens (including phenoxy) is 2. The highest BCUT2D eigenvalue weighted by Crippen LogP contribution is 2.49. The predicted molar refractivity (Wildman–Crippen MR) is 136 cm³/mol. The standard InChI is InChI=1S/C29H37NO4/c1-5-6-8-11-21-17-26-27(24-16-19(2)14-15-23(24)20(3)33-26)28(31)25(21)18-30(4)29(32)34-22-12-9-7-10-13-22/h14-17,22,31H,3,5-13,18H2,1-2,4H3. The number of aromatic hydroxyl groups is 1. The van der Waals surface area contributed by atoms with Crippen molar-refractivity contribution in [3.05, 3.63) is 53.1 Å². The number of aryl methyl sites for hydroxylation is 2. The van der Waals surface area contributed by atoms with Crippen LogP contribution in [0.4, 0.5) is 4.79 Å². The molecule has 0 atom stereocenters. The normalized spacial score (nSPS) is 15.3. The van der Waals surface area contributed by atoms with Gasteiger partial charge in [0, 0.05) is 23.7 Å². The molecule has 182 valence electrons. The van der Waals surface area contributed by atoms with Crippen molar-refractivity contribution in [2.45, 2.75) is 84.3 Å². The van der Waals surface area contributed by atoms with Crippen LogP contribution in [0.1, 0.15) is 80.5 Å². The highest BCUT2D eigenvalue weighted by atomic mass is 16.6. The zero-order valence-electron chi connectivity index (χ0n) is 20.8. The Balaban J connectivity index is 1.68. The topological polar surface area (TPSA) is 59.0 Å². The molecule has 1 aliphatic carbocycles. The minimum absolute atomic E-state index is 0.000816. The van der Waals surface area contributed by atoms with Gasteiger partial charge in [-0.15, -0.1) is 0 Å². The minimum Gasteiger partial charge on any atom is -0.507 e. The molecule has 2 aromatic carbocycles. The van der Waals surface area contributed by atoms with Gasteiger partial charge in [-0.3, -0.25) is 0 Å². The van der Waals surface area contributed by atoms with Crippen LogP contribution in [0, 0.1) is 6.92 Å². The highest BCUT2D eigenvalue weighted by Gasteiger charge is 2.29. The van der Waals surface area contributed by atoms with Gasteiger partial charge in [0.05, 0.1) is 12.1 Å². The van der Waals surface area contributed by atoms with Gasteiger partial charge >= 0.3 is 6.09 Å². The second-order valence-electron chi connectivity index (χ2n) is 9.77. The van der Waals surface area contributed by atoms with Crippen molar-refractivity contribution in [3.63, 3.8) is 0 Å². The number of benzene rings is 2. The molecule has 4 rings (SSSR count). The van der Waals surface area contributed by atoms with Crippen LogP contribution in [0.3, 0.4) is 0 Å². The maximum atomic E-state index is 12.9. The third kappa shape index (κ3) is 5.08. The SMILES string of the molecule is C=C1Oc2cc(CCCCC)c(CN(C)C(=O)OC3CCCCC3)c(O)c2-c2cc(C)ccc21. The summed E-state index contributed by atoms with van der Waals surface area (Å²) in [4.78, 5) is 14.4. The van der Waals surface area contributed by atoms with Crippen molar-refractivity contribution in [3.8, 4) is 22.6 Å². The van der Waals surface area contributed by atoms with E-state index in [4.69, 9.17) is 9.47 Å². The first-order valence-electron chi connectivity index (χ1n) is 12.7. The summed E-state index contributed by atoms with van der Waals surface area (Å²) < 4.78 is 11.8. The Morgan fingerprint density at radius 2 is 1.94 bits per heavy atom. The number of carbonyl (C=O) groups excluding carboxylic acids is 1. The second kappa shape index (κ2) is 10.5. The number of fused-ring (bicyclic) bond motifs is 3. The summed E-state index contributed by atoms with van der Waals surface area (Å²) in [6, 6.07) is 8.09. The zero-order chi connectivity index (χ0) is 24.2. The average molecular weight is 464 g/mol. The first kappa shape index (κ1) is 24.2. The molecule has 1 fully saturated rings. The number of rotatable bonds is 7. The molecule has 1 saturated carbocycles. The van der Waals surface area contributed by atoms with Crippen molar-refractivity contribution in [2.24, 2.45) is 0 Å². The van der Waals surface area contributed by atoms with Gasteiger partial charge in [-0.05, 0) is 57.1 Å². The molecule has 0 bridgehead atoms. The summed E-state index contributed by atoms with van der Waals surface area (Å²) >= 11 is 0. The van der Waals surface area contributed by atoms with Crippen LogP contribution in [0.5, 0.6) is 11.5 Å². The third-order valence-electron chi connectivity index (χ3n) is 7.02. The first-order valence-corrected chi connectivity index (χ1v) is 12.7. The number of hydrogen-bond acceptors (Lipinski definition) is 4.